The number of benzene rings is 3. The quantitative estimate of drug-likeness (QED) is 0.486. The van der Waals surface area contributed by atoms with E-state index in [2.05, 4.69) is 0 Å². The average Bonchev–Trinajstić information content (AvgIpc) is 3.41. The Balaban J connectivity index is 1.54. The summed E-state index contributed by atoms with van der Waals surface area (Å²) in [4.78, 5) is 27.2. The van der Waals surface area contributed by atoms with Crippen molar-refractivity contribution in [3.05, 3.63) is 83.7 Å². The fraction of sp³-hybridized carbons (Fsp3) is 0.200. The standard InChI is InChI=1S/C25H21FN2O6S/c1-16-2-7-19(8-3-16)28-24(29)13-21(25(28)30)27(35(31,32)20-9-5-18(26)6-10-20)14-17-4-11-22-23(12-17)34-15-33-22/h2-12,21H,13-15H2,1H3. The molecule has 2 aliphatic heterocycles. The summed E-state index contributed by atoms with van der Waals surface area (Å²) in [7, 11) is -4.29. The van der Waals surface area contributed by atoms with Gasteiger partial charge in [0.1, 0.15) is 11.9 Å². The van der Waals surface area contributed by atoms with Gasteiger partial charge in [0.25, 0.3) is 5.91 Å². The van der Waals surface area contributed by atoms with Crippen LogP contribution in [0.4, 0.5) is 10.1 Å². The van der Waals surface area contributed by atoms with E-state index in [9.17, 15) is 22.4 Å². The molecule has 3 aromatic rings. The predicted octanol–water partition coefficient (Wildman–Crippen LogP) is 3.39. The average molecular weight is 497 g/mol. The topological polar surface area (TPSA) is 93.2 Å². The van der Waals surface area contributed by atoms with Crippen LogP contribution in [0.5, 0.6) is 11.5 Å². The molecule has 3 aromatic carbocycles. The first-order chi connectivity index (χ1) is 16.7. The van der Waals surface area contributed by atoms with Crippen molar-refractivity contribution in [3.63, 3.8) is 0 Å². The Morgan fingerprint density at radius 3 is 2.37 bits per heavy atom. The number of aryl methyl sites for hydroxylation is 1. The molecule has 2 amide bonds. The number of rotatable bonds is 6. The summed E-state index contributed by atoms with van der Waals surface area (Å²) in [6.45, 7) is 1.72. The third kappa shape index (κ3) is 4.26. The van der Waals surface area contributed by atoms with E-state index in [4.69, 9.17) is 9.47 Å². The third-order valence-corrected chi connectivity index (χ3v) is 7.83. The number of fused-ring (bicyclic) bond motifs is 1. The maximum atomic E-state index is 13.7. The van der Waals surface area contributed by atoms with Crippen LogP contribution in [0, 0.1) is 12.7 Å². The van der Waals surface area contributed by atoms with Crippen LogP contribution in [0.1, 0.15) is 17.5 Å². The summed E-state index contributed by atoms with van der Waals surface area (Å²) < 4.78 is 52.5. The van der Waals surface area contributed by atoms with Gasteiger partial charge in [-0.2, -0.15) is 4.31 Å². The molecule has 2 heterocycles. The van der Waals surface area contributed by atoms with Gasteiger partial charge in [0.15, 0.2) is 11.5 Å². The molecule has 0 bridgehead atoms. The third-order valence-electron chi connectivity index (χ3n) is 5.96. The van der Waals surface area contributed by atoms with Gasteiger partial charge >= 0.3 is 0 Å². The van der Waals surface area contributed by atoms with Gasteiger partial charge in [-0.15, -0.1) is 0 Å². The van der Waals surface area contributed by atoms with Gasteiger partial charge in [0, 0.05) is 6.54 Å². The van der Waals surface area contributed by atoms with E-state index >= 15 is 0 Å². The Morgan fingerprint density at radius 1 is 0.971 bits per heavy atom. The lowest BCUT2D eigenvalue weighted by molar-refractivity contribution is -0.122. The second-order valence-electron chi connectivity index (χ2n) is 8.31. The Bertz CT molecular complexity index is 1410. The summed E-state index contributed by atoms with van der Waals surface area (Å²) in [6, 6.07) is 14.8. The number of carbonyl (C=O) groups excluding carboxylic acids is 2. The lowest BCUT2D eigenvalue weighted by Crippen LogP contribution is -2.45. The number of anilines is 1. The van der Waals surface area contributed by atoms with Crippen LogP contribution >= 0.6 is 0 Å². The summed E-state index contributed by atoms with van der Waals surface area (Å²) in [5, 5.41) is 0. The molecule has 1 unspecified atom stereocenters. The van der Waals surface area contributed by atoms with Crippen LogP contribution in [0.25, 0.3) is 0 Å². The van der Waals surface area contributed by atoms with Gasteiger partial charge in [-0.1, -0.05) is 23.8 Å². The molecule has 180 valence electrons. The molecule has 2 aliphatic rings. The molecule has 10 heteroatoms. The zero-order valence-electron chi connectivity index (χ0n) is 18.7. The molecule has 8 nitrogen and oxygen atoms in total. The Labute approximate surface area is 201 Å². The Morgan fingerprint density at radius 2 is 1.66 bits per heavy atom. The van der Waals surface area contributed by atoms with Crippen LogP contribution in [-0.4, -0.2) is 37.4 Å². The van der Waals surface area contributed by atoms with E-state index < -0.39 is 33.7 Å². The normalized spacial score (nSPS) is 17.5. The van der Waals surface area contributed by atoms with E-state index in [0.29, 0.717) is 22.7 Å². The van der Waals surface area contributed by atoms with Gasteiger partial charge in [-0.25, -0.2) is 17.7 Å². The van der Waals surface area contributed by atoms with Crippen molar-refractivity contribution in [2.24, 2.45) is 0 Å². The number of hydrogen-bond acceptors (Lipinski definition) is 6. The van der Waals surface area contributed by atoms with E-state index in [1.54, 1.807) is 42.5 Å². The zero-order valence-corrected chi connectivity index (χ0v) is 19.5. The number of halogens is 1. The number of hydrogen-bond donors (Lipinski definition) is 0. The van der Waals surface area contributed by atoms with Crippen LogP contribution in [0.2, 0.25) is 0 Å². The van der Waals surface area contributed by atoms with Gasteiger partial charge in [0.2, 0.25) is 22.7 Å². The lowest BCUT2D eigenvalue weighted by atomic mass is 10.1. The number of imide groups is 1. The minimum Gasteiger partial charge on any atom is -0.454 e. The maximum Gasteiger partial charge on any atom is 0.252 e. The van der Waals surface area contributed by atoms with Crippen molar-refractivity contribution in [3.8, 4) is 11.5 Å². The molecule has 0 spiro atoms. The van der Waals surface area contributed by atoms with Crippen LogP contribution in [0.3, 0.4) is 0 Å². The second-order valence-corrected chi connectivity index (χ2v) is 10.2. The number of sulfonamides is 1. The molecular formula is C25H21FN2O6S. The van der Waals surface area contributed by atoms with Crippen LogP contribution in [0.15, 0.2) is 71.6 Å². The minimum atomic E-state index is -4.29. The molecule has 0 saturated carbocycles. The van der Waals surface area contributed by atoms with E-state index in [1.165, 1.54) is 0 Å². The van der Waals surface area contributed by atoms with E-state index in [1.807, 2.05) is 6.92 Å². The number of carbonyl (C=O) groups is 2. The number of ether oxygens (including phenoxy) is 2. The van der Waals surface area contributed by atoms with Gasteiger partial charge in [-0.05, 0) is 61.0 Å². The highest BCUT2D eigenvalue weighted by atomic mass is 32.2. The molecule has 0 N–H and O–H groups in total. The smallest absolute Gasteiger partial charge is 0.252 e. The minimum absolute atomic E-state index is 0.0531. The molecule has 5 rings (SSSR count). The van der Waals surface area contributed by atoms with Gasteiger partial charge in [-0.3, -0.25) is 9.59 Å². The van der Waals surface area contributed by atoms with Crippen molar-refractivity contribution in [1.29, 1.82) is 0 Å². The summed E-state index contributed by atoms with van der Waals surface area (Å²) in [5.41, 5.74) is 1.86. The SMILES string of the molecule is Cc1ccc(N2C(=O)CC(N(Cc3ccc4c(c3)OCO4)S(=O)(=O)c3ccc(F)cc3)C2=O)cc1. The summed E-state index contributed by atoms with van der Waals surface area (Å²) >= 11 is 0. The van der Waals surface area contributed by atoms with Crippen molar-refractivity contribution < 1.29 is 31.9 Å². The highest BCUT2D eigenvalue weighted by Gasteiger charge is 2.47. The second kappa shape index (κ2) is 8.79. The zero-order chi connectivity index (χ0) is 24.7. The first-order valence-corrected chi connectivity index (χ1v) is 12.3. The Kier molecular flexibility index (Phi) is 5.78. The first-order valence-electron chi connectivity index (χ1n) is 10.8. The highest BCUT2D eigenvalue weighted by molar-refractivity contribution is 7.89. The monoisotopic (exact) mass is 496 g/mol. The molecular weight excluding hydrogens is 475 g/mol. The summed E-state index contributed by atoms with van der Waals surface area (Å²) in [6.07, 6.45) is -0.322. The van der Waals surface area contributed by atoms with Crippen molar-refractivity contribution >= 4 is 27.5 Å². The first kappa shape index (κ1) is 23.0. The molecule has 1 fully saturated rings. The fourth-order valence-electron chi connectivity index (χ4n) is 4.13. The van der Waals surface area contributed by atoms with Gasteiger partial charge in [0.05, 0.1) is 17.0 Å². The van der Waals surface area contributed by atoms with E-state index in [-0.39, 0.29) is 24.7 Å². The predicted molar refractivity (Wildman–Crippen MR) is 124 cm³/mol. The largest absolute Gasteiger partial charge is 0.454 e. The van der Waals surface area contributed by atoms with Crippen molar-refractivity contribution in [2.45, 2.75) is 30.8 Å². The molecule has 0 aliphatic carbocycles. The van der Waals surface area contributed by atoms with Crippen molar-refractivity contribution in [1.82, 2.24) is 4.31 Å². The van der Waals surface area contributed by atoms with Crippen molar-refractivity contribution in [2.75, 3.05) is 11.7 Å². The highest BCUT2D eigenvalue weighted by Crippen LogP contribution is 2.35. The number of nitrogens with zero attached hydrogens (tertiary/aromatic N) is 2. The van der Waals surface area contributed by atoms with Crippen LogP contribution in [-0.2, 0) is 26.2 Å². The van der Waals surface area contributed by atoms with Crippen LogP contribution < -0.4 is 14.4 Å². The molecule has 1 saturated heterocycles. The maximum absolute atomic E-state index is 13.7. The molecule has 0 aromatic heterocycles. The molecule has 35 heavy (non-hydrogen) atoms. The number of amides is 2. The molecule has 0 radical (unpaired) electrons. The fourth-order valence-corrected chi connectivity index (χ4v) is 5.70. The molecule has 1 atom stereocenters. The summed E-state index contributed by atoms with van der Waals surface area (Å²) in [5.74, 6) is -0.765. The van der Waals surface area contributed by atoms with E-state index in [0.717, 1.165) is 39.0 Å². The lowest BCUT2D eigenvalue weighted by Gasteiger charge is -2.27. The van der Waals surface area contributed by atoms with Gasteiger partial charge < -0.3 is 9.47 Å². The Hall–Kier alpha value is -3.76.